The molecule has 0 unspecified atom stereocenters. The highest BCUT2D eigenvalue weighted by atomic mass is 16.4. The van der Waals surface area contributed by atoms with E-state index in [1.54, 1.807) is 18.2 Å². The lowest BCUT2D eigenvalue weighted by molar-refractivity contribution is 0.0696. The lowest BCUT2D eigenvalue weighted by atomic mass is 10.1. The molecule has 0 aromatic heterocycles. The number of aromatic carboxylic acids is 1. The Morgan fingerprint density at radius 2 is 1.89 bits per heavy atom. The average Bonchev–Trinajstić information content (AvgIpc) is 2.60. The van der Waals surface area contributed by atoms with Crippen LogP contribution in [0.1, 0.15) is 41.6 Å². The number of carbonyl (C=O) groups is 1. The molecule has 18 heavy (non-hydrogen) atoms. The third-order valence-electron chi connectivity index (χ3n) is 3.48. The van der Waals surface area contributed by atoms with Gasteiger partial charge in [-0.25, -0.2) is 4.79 Å². The van der Waals surface area contributed by atoms with E-state index in [-0.39, 0.29) is 0 Å². The van der Waals surface area contributed by atoms with Crippen molar-refractivity contribution in [2.24, 2.45) is 0 Å². The van der Waals surface area contributed by atoms with E-state index in [0.717, 1.165) is 25.2 Å². The van der Waals surface area contributed by atoms with E-state index >= 15 is 0 Å². The quantitative estimate of drug-likeness (QED) is 0.806. The molecule has 1 saturated heterocycles. The first-order valence-electron chi connectivity index (χ1n) is 6.51. The molecule has 1 aliphatic rings. The molecule has 4 nitrogen and oxygen atoms in total. The summed E-state index contributed by atoms with van der Waals surface area (Å²) in [5.74, 6) is -0.896. The molecule has 3 N–H and O–H groups in total. The average molecular weight is 248 g/mol. The van der Waals surface area contributed by atoms with E-state index in [0.29, 0.717) is 11.3 Å². The Bertz CT molecular complexity index is 424. The summed E-state index contributed by atoms with van der Waals surface area (Å²) in [6.07, 6.45) is 5.03. The van der Waals surface area contributed by atoms with E-state index in [1.807, 2.05) is 0 Å². The Morgan fingerprint density at radius 3 is 2.50 bits per heavy atom. The molecule has 1 aromatic rings. The Hall–Kier alpha value is -1.55. The van der Waals surface area contributed by atoms with Crippen molar-refractivity contribution >= 4 is 11.7 Å². The number of benzene rings is 1. The predicted octanol–water partition coefficient (Wildman–Crippen LogP) is 2.34. The minimum Gasteiger partial charge on any atom is -0.478 e. The topological polar surface area (TPSA) is 66.6 Å². The van der Waals surface area contributed by atoms with E-state index in [2.05, 4.69) is 4.90 Å². The first-order valence-corrected chi connectivity index (χ1v) is 6.51. The maximum Gasteiger partial charge on any atom is 0.335 e. The zero-order valence-electron chi connectivity index (χ0n) is 10.6. The highest BCUT2D eigenvalue weighted by Crippen LogP contribution is 2.19. The van der Waals surface area contributed by atoms with Gasteiger partial charge in [0.1, 0.15) is 0 Å². The van der Waals surface area contributed by atoms with Crippen molar-refractivity contribution in [3.05, 3.63) is 29.3 Å². The number of hydrogen-bond donors (Lipinski definition) is 2. The lowest BCUT2D eigenvalue weighted by Gasteiger charge is -2.20. The number of likely N-dealkylation sites (tertiary alicyclic amines) is 1. The maximum atomic E-state index is 11.0. The van der Waals surface area contributed by atoms with E-state index in [4.69, 9.17) is 10.8 Å². The molecule has 0 bridgehead atoms. The van der Waals surface area contributed by atoms with E-state index in [9.17, 15) is 4.79 Å². The van der Waals surface area contributed by atoms with Crippen LogP contribution >= 0.6 is 0 Å². The molecule has 4 heteroatoms. The number of anilines is 1. The number of nitrogens with zero attached hydrogens (tertiary/aromatic N) is 1. The summed E-state index contributed by atoms with van der Waals surface area (Å²) in [6, 6.07) is 4.95. The third kappa shape index (κ3) is 3.23. The van der Waals surface area contributed by atoms with Gasteiger partial charge >= 0.3 is 5.97 Å². The normalized spacial score (nSPS) is 17.3. The molecule has 1 heterocycles. The van der Waals surface area contributed by atoms with Crippen molar-refractivity contribution in [1.82, 2.24) is 4.90 Å². The van der Waals surface area contributed by atoms with Crippen molar-refractivity contribution in [3.63, 3.8) is 0 Å². The molecular weight excluding hydrogens is 228 g/mol. The number of nitrogen functional groups attached to an aromatic ring is 1. The van der Waals surface area contributed by atoms with Gasteiger partial charge in [0.05, 0.1) is 5.56 Å². The van der Waals surface area contributed by atoms with Crippen molar-refractivity contribution in [2.45, 2.75) is 32.2 Å². The molecule has 1 aromatic carbocycles. The molecule has 1 fully saturated rings. The Morgan fingerprint density at radius 1 is 1.22 bits per heavy atom. The lowest BCUT2D eigenvalue weighted by Crippen LogP contribution is -2.24. The Kier molecular flexibility index (Phi) is 4.20. The molecular formula is C14H20N2O2. The van der Waals surface area contributed by atoms with Crippen LogP contribution in [-0.2, 0) is 6.54 Å². The van der Waals surface area contributed by atoms with Crippen LogP contribution in [0.4, 0.5) is 5.69 Å². The van der Waals surface area contributed by atoms with Gasteiger partial charge in [0.25, 0.3) is 0 Å². The number of carboxylic acids is 1. The summed E-state index contributed by atoms with van der Waals surface area (Å²) in [4.78, 5) is 13.3. The Balaban J connectivity index is 2.11. The van der Waals surface area contributed by atoms with Crippen LogP contribution in [-0.4, -0.2) is 29.1 Å². The van der Waals surface area contributed by atoms with Crippen LogP contribution in [0.15, 0.2) is 18.2 Å². The predicted molar refractivity (Wildman–Crippen MR) is 71.6 cm³/mol. The van der Waals surface area contributed by atoms with Gasteiger partial charge in [0, 0.05) is 12.2 Å². The van der Waals surface area contributed by atoms with E-state index in [1.165, 1.54) is 25.7 Å². The van der Waals surface area contributed by atoms with Crippen LogP contribution in [0.5, 0.6) is 0 Å². The van der Waals surface area contributed by atoms with Crippen LogP contribution in [0.25, 0.3) is 0 Å². The van der Waals surface area contributed by atoms with Gasteiger partial charge in [-0.15, -0.1) is 0 Å². The fraction of sp³-hybridized carbons (Fsp3) is 0.500. The molecule has 0 radical (unpaired) electrons. The molecule has 1 aliphatic heterocycles. The second-order valence-electron chi connectivity index (χ2n) is 4.91. The van der Waals surface area contributed by atoms with Crippen molar-refractivity contribution in [1.29, 1.82) is 0 Å². The number of hydrogen-bond acceptors (Lipinski definition) is 3. The number of rotatable bonds is 3. The second kappa shape index (κ2) is 5.87. The van der Waals surface area contributed by atoms with Gasteiger partial charge in [0.2, 0.25) is 0 Å². The summed E-state index contributed by atoms with van der Waals surface area (Å²) in [5, 5.41) is 9.00. The minimum atomic E-state index is -0.896. The van der Waals surface area contributed by atoms with Crippen LogP contribution in [0, 0.1) is 0 Å². The van der Waals surface area contributed by atoms with Crippen molar-refractivity contribution in [3.8, 4) is 0 Å². The highest BCUT2D eigenvalue weighted by molar-refractivity contribution is 5.88. The monoisotopic (exact) mass is 248 g/mol. The smallest absolute Gasteiger partial charge is 0.335 e. The Labute approximate surface area is 107 Å². The molecule has 0 atom stereocenters. The maximum absolute atomic E-state index is 11.0. The number of carboxylic acid groups (broad SMARTS) is 1. The first kappa shape index (κ1) is 12.9. The SMILES string of the molecule is Nc1ccc(C(=O)O)cc1CN1CCCCCC1. The van der Waals surface area contributed by atoms with Gasteiger partial charge in [-0.2, -0.15) is 0 Å². The van der Waals surface area contributed by atoms with Gasteiger partial charge in [-0.1, -0.05) is 12.8 Å². The van der Waals surface area contributed by atoms with Gasteiger partial charge in [0.15, 0.2) is 0 Å². The summed E-state index contributed by atoms with van der Waals surface area (Å²) >= 11 is 0. The molecule has 0 saturated carbocycles. The first-order chi connectivity index (χ1) is 8.66. The zero-order valence-corrected chi connectivity index (χ0v) is 10.6. The zero-order chi connectivity index (χ0) is 13.0. The number of nitrogens with two attached hydrogens (primary N) is 1. The van der Waals surface area contributed by atoms with Gasteiger partial charge in [-0.3, -0.25) is 4.90 Å². The van der Waals surface area contributed by atoms with Crippen molar-refractivity contribution in [2.75, 3.05) is 18.8 Å². The molecule has 2 rings (SSSR count). The summed E-state index contributed by atoms with van der Waals surface area (Å²) < 4.78 is 0. The second-order valence-corrected chi connectivity index (χ2v) is 4.91. The summed E-state index contributed by atoms with van der Waals surface area (Å²) in [7, 11) is 0. The molecule has 0 amide bonds. The standard InChI is InChI=1S/C14H20N2O2/c15-13-6-5-11(14(17)18)9-12(13)10-16-7-3-1-2-4-8-16/h5-6,9H,1-4,7-8,10,15H2,(H,17,18). The fourth-order valence-corrected chi connectivity index (χ4v) is 2.41. The minimum absolute atomic E-state index is 0.314. The van der Waals surface area contributed by atoms with E-state index < -0.39 is 5.97 Å². The van der Waals surface area contributed by atoms with Gasteiger partial charge in [-0.05, 0) is 49.7 Å². The molecule has 98 valence electrons. The highest BCUT2D eigenvalue weighted by Gasteiger charge is 2.12. The van der Waals surface area contributed by atoms with Crippen molar-refractivity contribution < 1.29 is 9.90 Å². The summed E-state index contributed by atoms with van der Waals surface area (Å²) in [5.41, 5.74) is 7.85. The summed E-state index contributed by atoms with van der Waals surface area (Å²) in [6.45, 7) is 2.92. The third-order valence-corrected chi connectivity index (χ3v) is 3.48. The largest absolute Gasteiger partial charge is 0.478 e. The van der Waals surface area contributed by atoms with Gasteiger partial charge < -0.3 is 10.8 Å². The molecule has 0 aliphatic carbocycles. The fourth-order valence-electron chi connectivity index (χ4n) is 2.41. The van der Waals surface area contributed by atoms with Crippen LogP contribution in [0.2, 0.25) is 0 Å². The van der Waals surface area contributed by atoms with Crippen LogP contribution < -0.4 is 5.73 Å². The molecule has 0 spiro atoms. The van der Waals surface area contributed by atoms with Crippen LogP contribution in [0.3, 0.4) is 0 Å².